The fourth-order valence-corrected chi connectivity index (χ4v) is 3.27. The molecule has 0 saturated heterocycles. The minimum Gasteiger partial charge on any atom is -0.383 e. The summed E-state index contributed by atoms with van der Waals surface area (Å²) in [4.78, 5) is 12.5. The fourth-order valence-electron chi connectivity index (χ4n) is 3.27. The van der Waals surface area contributed by atoms with Crippen LogP contribution >= 0.6 is 0 Å². The Kier molecular flexibility index (Phi) is 5.55. The number of rotatable bonds is 5. The van der Waals surface area contributed by atoms with Crippen molar-refractivity contribution in [1.29, 1.82) is 0 Å². The number of nitrogens with one attached hydrogen (secondary N) is 2. The molecule has 1 saturated carbocycles. The van der Waals surface area contributed by atoms with E-state index in [-0.39, 0.29) is 61.4 Å². The van der Waals surface area contributed by atoms with E-state index in [4.69, 9.17) is 0 Å². The molecule has 0 aromatic carbocycles. The van der Waals surface area contributed by atoms with Gasteiger partial charge in [-0.05, 0) is 33.1 Å². The second-order valence-corrected chi connectivity index (χ2v) is 7.37. The van der Waals surface area contributed by atoms with E-state index in [1.165, 1.54) is 0 Å². The second-order valence-electron chi connectivity index (χ2n) is 7.37. The molecule has 0 aliphatic heterocycles. The molecular weight excluding hydrogens is 366 g/mol. The van der Waals surface area contributed by atoms with Gasteiger partial charge in [-0.3, -0.25) is 0 Å². The molecule has 10 heteroatoms. The highest BCUT2D eigenvalue weighted by atomic mass is 19.3. The average molecular weight is 389 g/mol. The number of hydrogen-bond donors (Lipinski definition) is 3. The number of nitrogens with zero attached hydrogens (tertiary/aromatic N) is 3. The standard InChI is InChI=1S/C17H23F4N5O/c1-8(2)22-15-24-14(10-3-4-11(18)13(27)12(10)19)25-16(26-15)23-9-5-6-17(20,21)7-9/h8-9,11,13,27H,3-7H2,1-2H3,(H2,22,23,24,25,26)/t9-,11?,13?/m1/s1. The van der Waals surface area contributed by atoms with E-state index in [1.54, 1.807) is 0 Å². The Bertz CT molecular complexity index is 727. The first kappa shape index (κ1) is 19.8. The van der Waals surface area contributed by atoms with Gasteiger partial charge in [-0.15, -0.1) is 0 Å². The number of aliphatic hydroxyl groups is 1. The van der Waals surface area contributed by atoms with Crippen molar-refractivity contribution >= 4 is 17.5 Å². The van der Waals surface area contributed by atoms with Crippen molar-refractivity contribution in [1.82, 2.24) is 15.0 Å². The van der Waals surface area contributed by atoms with Crippen LogP contribution in [0.4, 0.5) is 29.5 Å². The fraction of sp³-hybridized carbons (Fsp3) is 0.706. The lowest BCUT2D eigenvalue weighted by atomic mass is 9.94. The van der Waals surface area contributed by atoms with Crippen molar-refractivity contribution in [3.8, 4) is 0 Å². The van der Waals surface area contributed by atoms with Gasteiger partial charge in [0.2, 0.25) is 17.8 Å². The highest BCUT2D eigenvalue weighted by Crippen LogP contribution is 2.37. The van der Waals surface area contributed by atoms with Crippen LogP contribution in [0.15, 0.2) is 5.83 Å². The van der Waals surface area contributed by atoms with Gasteiger partial charge in [0.15, 0.2) is 5.82 Å². The van der Waals surface area contributed by atoms with Crippen LogP contribution in [0, 0.1) is 0 Å². The molecule has 27 heavy (non-hydrogen) atoms. The van der Waals surface area contributed by atoms with Gasteiger partial charge < -0.3 is 15.7 Å². The first-order valence-electron chi connectivity index (χ1n) is 9.02. The molecule has 1 aromatic heterocycles. The lowest BCUT2D eigenvalue weighted by Crippen LogP contribution is -2.28. The zero-order valence-electron chi connectivity index (χ0n) is 15.1. The van der Waals surface area contributed by atoms with Crippen molar-refractivity contribution in [2.75, 3.05) is 10.6 Å². The Hall–Kier alpha value is -1.97. The van der Waals surface area contributed by atoms with Gasteiger partial charge in [0.25, 0.3) is 0 Å². The second kappa shape index (κ2) is 7.57. The van der Waals surface area contributed by atoms with Gasteiger partial charge >= 0.3 is 0 Å². The van der Waals surface area contributed by atoms with E-state index < -0.39 is 30.1 Å². The number of anilines is 2. The zero-order valence-corrected chi connectivity index (χ0v) is 15.1. The molecule has 6 nitrogen and oxygen atoms in total. The summed E-state index contributed by atoms with van der Waals surface area (Å²) in [6, 6.07) is -0.539. The van der Waals surface area contributed by atoms with Crippen molar-refractivity contribution in [3.05, 3.63) is 11.7 Å². The topological polar surface area (TPSA) is 83.0 Å². The van der Waals surface area contributed by atoms with Crippen molar-refractivity contribution < 1.29 is 22.7 Å². The van der Waals surface area contributed by atoms with E-state index in [1.807, 2.05) is 13.8 Å². The third kappa shape index (κ3) is 4.66. The Balaban J connectivity index is 1.91. The highest BCUT2D eigenvalue weighted by Gasteiger charge is 2.40. The number of hydrogen-bond acceptors (Lipinski definition) is 6. The molecule has 3 rings (SSSR count). The summed E-state index contributed by atoms with van der Waals surface area (Å²) >= 11 is 0. The molecule has 1 heterocycles. The van der Waals surface area contributed by atoms with Gasteiger partial charge in [-0.25, -0.2) is 17.6 Å². The van der Waals surface area contributed by atoms with E-state index in [9.17, 15) is 22.7 Å². The van der Waals surface area contributed by atoms with Gasteiger partial charge in [-0.1, -0.05) is 0 Å². The first-order chi connectivity index (χ1) is 12.6. The Labute approximate surface area is 154 Å². The Morgan fingerprint density at radius 1 is 1.15 bits per heavy atom. The van der Waals surface area contributed by atoms with Crippen LogP contribution in [-0.2, 0) is 0 Å². The average Bonchev–Trinajstić information content (AvgIpc) is 2.90. The molecule has 2 unspecified atom stereocenters. The summed E-state index contributed by atoms with van der Waals surface area (Å²) in [5, 5.41) is 15.5. The normalized spacial score (nSPS) is 27.9. The summed E-state index contributed by atoms with van der Waals surface area (Å²) in [5.74, 6) is -3.58. The monoisotopic (exact) mass is 389 g/mol. The molecule has 3 N–H and O–H groups in total. The van der Waals surface area contributed by atoms with Crippen LogP contribution in [0.1, 0.15) is 51.8 Å². The van der Waals surface area contributed by atoms with Crippen molar-refractivity contribution in [2.24, 2.45) is 0 Å². The quantitative estimate of drug-likeness (QED) is 0.669. The molecule has 0 amide bonds. The predicted molar refractivity (Wildman–Crippen MR) is 93.0 cm³/mol. The van der Waals surface area contributed by atoms with Gasteiger partial charge in [0, 0.05) is 30.5 Å². The van der Waals surface area contributed by atoms with Gasteiger partial charge in [-0.2, -0.15) is 15.0 Å². The summed E-state index contributed by atoms with van der Waals surface area (Å²) in [6.07, 6.45) is -3.85. The summed E-state index contributed by atoms with van der Waals surface area (Å²) in [7, 11) is 0. The zero-order chi connectivity index (χ0) is 19.8. The minimum atomic E-state index is -2.73. The largest absolute Gasteiger partial charge is 0.383 e. The summed E-state index contributed by atoms with van der Waals surface area (Å²) < 4.78 is 54.7. The van der Waals surface area contributed by atoms with E-state index >= 15 is 0 Å². The maximum Gasteiger partial charge on any atom is 0.250 e. The number of halogens is 4. The Morgan fingerprint density at radius 2 is 1.85 bits per heavy atom. The molecular formula is C17H23F4N5O. The van der Waals surface area contributed by atoms with Gasteiger partial charge in [0.05, 0.1) is 0 Å². The van der Waals surface area contributed by atoms with Crippen LogP contribution < -0.4 is 10.6 Å². The molecule has 2 aliphatic carbocycles. The third-order valence-electron chi connectivity index (χ3n) is 4.62. The van der Waals surface area contributed by atoms with Crippen LogP contribution in [0.5, 0.6) is 0 Å². The third-order valence-corrected chi connectivity index (χ3v) is 4.62. The van der Waals surface area contributed by atoms with Crippen LogP contribution in [0.2, 0.25) is 0 Å². The van der Waals surface area contributed by atoms with E-state index in [2.05, 4.69) is 25.6 Å². The van der Waals surface area contributed by atoms with Crippen LogP contribution in [-0.4, -0.2) is 50.3 Å². The van der Waals surface area contributed by atoms with Crippen molar-refractivity contribution in [3.63, 3.8) is 0 Å². The van der Waals surface area contributed by atoms with E-state index in [0.29, 0.717) is 0 Å². The molecule has 0 bridgehead atoms. The SMILES string of the molecule is CC(C)Nc1nc(N[C@@H]2CCC(F)(F)C2)nc(C2=C(F)C(O)C(F)CC2)n1. The van der Waals surface area contributed by atoms with Crippen molar-refractivity contribution in [2.45, 2.75) is 76.2 Å². The molecule has 3 atom stereocenters. The lowest BCUT2D eigenvalue weighted by molar-refractivity contribution is 0.00851. The Morgan fingerprint density at radius 3 is 2.48 bits per heavy atom. The molecule has 0 spiro atoms. The maximum absolute atomic E-state index is 14.4. The summed E-state index contributed by atoms with van der Waals surface area (Å²) in [6.45, 7) is 3.71. The first-order valence-corrected chi connectivity index (χ1v) is 9.02. The van der Waals surface area contributed by atoms with E-state index in [0.717, 1.165) is 0 Å². The number of alkyl halides is 3. The minimum absolute atomic E-state index is 0.00501. The smallest absolute Gasteiger partial charge is 0.250 e. The predicted octanol–water partition coefficient (Wildman–Crippen LogP) is 3.47. The lowest BCUT2D eigenvalue weighted by Gasteiger charge is -2.23. The number of aromatic nitrogens is 3. The van der Waals surface area contributed by atoms with Crippen LogP contribution in [0.25, 0.3) is 5.57 Å². The number of aliphatic hydroxyl groups excluding tert-OH is 1. The molecule has 0 radical (unpaired) electrons. The molecule has 2 aliphatic rings. The summed E-state index contributed by atoms with van der Waals surface area (Å²) in [5.41, 5.74) is 0.00501. The van der Waals surface area contributed by atoms with Crippen LogP contribution in [0.3, 0.4) is 0 Å². The highest BCUT2D eigenvalue weighted by molar-refractivity contribution is 5.65. The maximum atomic E-state index is 14.4. The van der Waals surface area contributed by atoms with Gasteiger partial charge in [0.1, 0.15) is 18.1 Å². The molecule has 1 aromatic rings. The molecule has 150 valence electrons. The number of allylic oxidation sites excluding steroid dienone is 1. The molecule has 1 fully saturated rings.